The van der Waals surface area contributed by atoms with E-state index in [0.717, 1.165) is 36.4 Å². The van der Waals surface area contributed by atoms with Gasteiger partial charge in [0.2, 0.25) is 0 Å². The summed E-state index contributed by atoms with van der Waals surface area (Å²) in [6.07, 6.45) is 5.04. The topological polar surface area (TPSA) is 37.0 Å². The van der Waals surface area contributed by atoms with E-state index in [2.05, 4.69) is 48.5 Å². The Hall–Kier alpha value is -1.25. The van der Waals surface area contributed by atoms with Gasteiger partial charge in [0, 0.05) is 12.6 Å². The molecule has 0 bridgehead atoms. The Kier molecular flexibility index (Phi) is 5.06. The van der Waals surface area contributed by atoms with Crippen molar-refractivity contribution < 1.29 is 0 Å². The summed E-state index contributed by atoms with van der Waals surface area (Å²) in [5.41, 5.74) is 0. The van der Waals surface area contributed by atoms with Gasteiger partial charge in [0.25, 0.3) is 0 Å². The SMILES string of the molecule is CCCNc1cccc(NC2CCC(CC)C2C)n1. The minimum atomic E-state index is 0.582. The summed E-state index contributed by atoms with van der Waals surface area (Å²) >= 11 is 0. The first-order valence-corrected chi connectivity index (χ1v) is 7.72. The maximum absolute atomic E-state index is 4.64. The Morgan fingerprint density at radius 1 is 1.21 bits per heavy atom. The van der Waals surface area contributed by atoms with Crippen molar-refractivity contribution in [3.05, 3.63) is 18.2 Å². The first-order chi connectivity index (χ1) is 9.24. The maximum atomic E-state index is 4.64. The number of pyridine rings is 1. The van der Waals surface area contributed by atoms with Crippen molar-refractivity contribution in [3.8, 4) is 0 Å². The van der Waals surface area contributed by atoms with Gasteiger partial charge in [-0.3, -0.25) is 0 Å². The summed E-state index contributed by atoms with van der Waals surface area (Å²) in [5, 5.41) is 6.96. The molecule has 3 unspecified atom stereocenters. The Balaban J connectivity index is 1.95. The van der Waals surface area contributed by atoms with Gasteiger partial charge < -0.3 is 10.6 Å². The zero-order chi connectivity index (χ0) is 13.7. The van der Waals surface area contributed by atoms with Gasteiger partial charge in [0.05, 0.1) is 0 Å². The summed E-state index contributed by atoms with van der Waals surface area (Å²) in [4.78, 5) is 4.64. The fraction of sp³-hybridized carbons (Fsp3) is 0.688. The lowest BCUT2D eigenvalue weighted by Gasteiger charge is -2.21. The van der Waals surface area contributed by atoms with E-state index in [1.807, 2.05) is 6.07 Å². The Morgan fingerprint density at radius 3 is 2.68 bits per heavy atom. The number of nitrogens with one attached hydrogen (secondary N) is 2. The second-order valence-corrected chi connectivity index (χ2v) is 5.69. The van der Waals surface area contributed by atoms with Gasteiger partial charge >= 0.3 is 0 Å². The van der Waals surface area contributed by atoms with Gasteiger partial charge in [-0.2, -0.15) is 0 Å². The van der Waals surface area contributed by atoms with E-state index in [0.29, 0.717) is 6.04 Å². The normalized spacial score (nSPS) is 26.4. The van der Waals surface area contributed by atoms with Crippen LogP contribution in [0.3, 0.4) is 0 Å². The van der Waals surface area contributed by atoms with Crippen molar-refractivity contribution in [2.75, 3.05) is 17.2 Å². The van der Waals surface area contributed by atoms with Gasteiger partial charge in [-0.15, -0.1) is 0 Å². The van der Waals surface area contributed by atoms with Crippen LogP contribution in [0.4, 0.5) is 11.6 Å². The molecule has 1 fully saturated rings. The molecule has 19 heavy (non-hydrogen) atoms. The summed E-state index contributed by atoms with van der Waals surface area (Å²) in [7, 11) is 0. The first-order valence-electron chi connectivity index (χ1n) is 7.72. The van der Waals surface area contributed by atoms with Crippen LogP contribution < -0.4 is 10.6 Å². The number of hydrogen-bond donors (Lipinski definition) is 2. The first kappa shape index (κ1) is 14.2. The number of aromatic nitrogens is 1. The Labute approximate surface area is 117 Å². The third-order valence-electron chi connectivity index (χ3n) is 4.39. The van der Waals surface area contributed by atoms with Crippen LogP contribution in [0.1, 0.15) is 46.5 Å². The van der Waals surface area contributed by atoms with Crippen LogP contribution >= 0.6 is 0 Å². The highest BCUT2D eigenvalue weighted by Crippen LogP contribution is 2.35. The van der Waals surface area contributed by atoms with Crippen LogP contribution in [0.25, 0.3) is 0 Å². The maximum Gasteiger partial charge on any atom is 0.128 e. The molecule has 1 saturated carbocycles. The lowest BCUT2D eigenvalue weighted by molar-refractivity contribution is 0.391. The molecule has 0 saturated heterocycles. The second kappa shape index (κ2) is 6.78. The summed E-state index contributed by atoms with van der Waals surface area (Å²) < 4.78 is 0. The third-order valence-corrected chi connectivity index (χ3v) is 4.39. The highest BCUT2D eigenvalue weighted by Gasteiger charge is 2.31. The largest absolute Gasteiger partial charge is 0.370 e. The van der Waals surface area contributed by atoms with Gasteiger partial charge in [-0.05, 0) is 43.2 Å². The van der Waals surface area contributed by atoms with Crippen LogP contribution in [0.15, 0.2) is 18.2 Å². The van der Waals surface area contributed by atoms with E-state index in [-0.39, 0.29) is 0 Å². The van der Waals surface area contributed by atoms with Crippen molar-refractivity contribution >= 4 is 11.6 Å². The van der Waals surface area contributed by atoms with Crippen molar-refractivity contribution in [2.24, 2.45) is 11.8 Å². The summed E-state index contributed by atoms with van der Waals surface area (Å²) in [6.45, 7) is 7.82. The lowest BCUT2D eigenvalue weighted by Crippen LogP contribution is -2.25. The molecule has 1 aromatic rings. The van der Waals surface area contributed by atoms with E-state index < -0.39 is 0 Å². The number of anilines is 2. The molecule has 3 heteroatoms. The number of hydrogen-bond acceptors (Lipinski definition) is 3. The molecule has 2 rings (SSSR count). The molecule has 0 amide bonds. The zero-order valence-electron chi connectivity index (χ0n) is 12.4. The summed E-state index contributed by atoms with van der Waals surface area (Å²) in [5.74, 6) is 3.61. The smallest absolute Gasteiger partial charge is 0.128 e. The average Bonchev–Trinajstić information content (AvgIpc) is 2.78. The van der Waals surface area contributed by atoms with Crippen LogP contribution in [-0.4, -0.2) is 17.6 Å². The van der Waals surface area contributed by atoms with Gasteiger partial charge in [-0.25, -0.2) is 4.98 Å². The van der Waals surface area contributed by atoms with Gasteiger partial charge in [0.15, 0.2) is 0 Å². The van der Waals surface area contributed by atoms with Crippen molar-refractivity contribution in [1.29, 1.82) is 0 Å². The fourth-order valence-corrected chi connectivity index (χ4v) is 3.08. The van der Waals surface area contributed by atoms with E-state index >= 15 is 0 Å². The van der Waals surface area contributed by atoms with Crippen LogP contribution in [-0.2, 0) is 0 Å². The van der Waals surface area contributed by atoms with Gasteiger partial charge in [0.1, 0.15) is 11.6 Å². The summed E-state index contributed by atoms with van der Waals surface area (Å²) in [6, 6.07) is 6.76. The van der Waals surface area contributed by atoms with Crippen molar-refractivity contribution in [3.63, 3.8) is 0 Å². The fourth-order valence-electron chi connectivity index (χ4n) is 3.08. The molecule has 1 heterocycles. The van der Waals surface area contributed by atoms with Gasteiger partial charge in [-0.1, -0.05) is 33.3 Å². The molecule has 0 spiro atoms. The van der Waals surface area contributed by atoms with E-state index in [9.17, 15) is 0 Å². The molecule has 0 aliphatic heterocycles. The Bertz CT molecular complexity index is 391. The second-order valence-electron chi connectivity index (χ2n) is 5.69. The molecule has 3 atom stereocenters. The lowest BCUT2D eigenvalue weighted by atomic mass is 9.93. The monoisotopic (exact) mass is 261 g/mol. The minimum absolute atomic E-state index is 0.582. The highest BCUT2D eigenvalue weighted by atomic mass is 15.1. The average molecular weight is 261 g/mol. The minimum Gasteiger partial charge on any atom is -0.370 e. The highest BCUT2D eigenvalue weighted by molar-refractivity contribution is 5.45. The van der Waals surface area contributed by atoms with Crippen LogP contribution in [0.2, 0.25) is 0 Å². The molecular formula is C16H27N3. The zero-order valence-corrected chi connectivity index (χ0v) is 12.4. The van der Waals surface area contributed by atoms with Crippen molar-refractivity contribution in [2.45, 2.75) is 52.5 Å². The van der Waals surface area contributed by atoms with Crippen LogP contribution in [0.5, 0.6) is 0 Å². The molecule has 2 N–H and O–H groups in total. The standard InChI is InChI=1S/C16H27N3/c1-4-11-17-15-7-6-8-16(19-15)18-14-10-9-13(5-2)12(14)3/h6-8,12-14H,4-5,9-11H2,1-3H3,(H2,17,18,19). The molecule has 1 aromatic heterocycles. The van der Waals surface area contributed by atoms with E-state index in [1.165, 1.54) is 19.3 Å². The van der Waals surface area contributed by atoms with Crippen molar-refractivity contribution in [1.82, 2.24) is 4.98 Å². The molecule has 3 nitrogen and oxygen atoms in total. The van der Waals surface area contributed by atoms with E-state index in [4.69, 9.17) is 0 Å². The predicted octanol–water partition coefficient (Wildman–Crippen LogP) is 4.14. The third kappa shape index (κ3) is 3.62. The molecular weight excluding hydrogens is 234 g/mol. The molecule has 1 aliphatic rings. The number of nitrogens with zero attached hydrogens (tertiary/aromatic N) is 1. The Morgan fingerprint density at radius 2 is 2.00 bits per heavy atom. The quantitative estimate of drug-likeness (QED) is 0.808. The predicted molar refractivity (Wildman–Crippen MR) is 82.6 cm³/mol. The molecule has 1 aliphatic carbocycles. The molecule has 106 valence electrons. The van der Waals surface area contributed by atoms with E-state index in [1.54, 1.807) is 0 Å². The molecule has 0 aromatic carbocycles. The number of rotatable bonds is 6. The molecule has 0 radical (unpaired) electrons. The van der Waals surface area contributed by atoms with Crippen LogP contribution in [0, 0.1) is 11.8 Å².